The van der Waals surface area contributed by atoms with Gasteiger partial charge >= 0.3 is 0 Å². The number of halogens is 1. The monoisotopic (exact) mass is 411 g/mol. The quantitative estimate of drug-likeness (QED) is 0.476. The van der Waals surface area contributed by atoms with Crippen LogP contribution in [0.5, 0.6) is 0 Å². The summed E-state index contributed by atoms with van der Waals surface area (Å²) in [7, 11) is 0. The second-order valence-corrected chi connectivity index (χ2v) is 6.82. The first-order valence-electron chi connectivity index (χ1n) is 9.65. The van der Waals surface area contributed by atoms with Crippen molar-refractivity contribution in [2.45, 2.75) is 6.54 Å². The van der Waals surface area contributed by atoms with Crippen molar-refractivity contribution in [3.8, 4) is 11.3 Å². The minimum atomic E-state index is -0.373. The van der Waals surface area contributed by atoms with E-state index in [1.165, 1.54) is 18.5 Å². The van der Waals surface area contributed by atoms with Gasteiger partial charge in [0.05, 0.1) is 23.5 Å². The number of amides is 1. The molecule has 0 aliphatic heterocycles. The van der Waals surface area contributed by atoms with Crippen LogP contribution in [0.1, 0.15) is 32.0 Å². The highest BCUT2D eigenvalue weighted by Crippen LogP contribution is 2.18. The van der Waals surface area contributed by atoms with E-state index in [1.807, 2.05) is 6.07 Å². The molecule has 1 aromatic heterocycles. The maximum atomic E-state index is 13.1. The Labute approximate surface area is 178 Å². The molecule has 0 bridgehead atoms. The summed E-state index contributed by atoms with van der Waals surface area (Å²) < 4.78 is 13.1. The number of aromatic nitrogens is 2. The summed E-state index contributed by atoms with van der Waals surface area (Å²) in [5.41, 5.74) is 3.11. The molecule has 4 rings (SSSR count). The molecule has 0 aliphatic rings. The Morgan fingerprint density at radius 2 is 1.48 bits per heavy atom. The topological polar surface area (TPSA) is 72.0 Å². The van der Waals surface area contributed by atoms with Crippen LogP contribution in [0.3, 0.4) is 0 Å². The molecule has 6 heteroatoms. The zero-order valence-electron chi connectivity index (χ0n) is 16.5. The normalized spacial score (nSPS) is 10.5. The molecule has 0 radical (unpaired) electrons. The Hall–Kier alpha value is -4.19. The molecule has 0 saturated carbocycles. The second kappa shape index (κ2) is 9.09. The third-order valence-corrected chi connectivity index (χ3v) is 4.75. The molecule has 0 saturated heterocycles. The zero-order chi connectivity index (χ0) is 21.6. The van der Waals surface area contributed by atoms with E-state index in [0.717, 1.165) is 5.56 Å². The molecule has 152 valence electrons. The Morgan fingerprint density at radius 1 is 0.806 bits per heavy atom. The van der Waals surface area contributed by atoms with Gasteiger partial charge in [-0.2, -0.15) is 0 Å². The van der Waals surface area contributed by atoms with Crippen molar-refractivity contribution in [3.63, 3.8) is 0 Å². The lowest BCUT2D eigenvalue weighted by Crippen LogP contribution is -2.25. The van der Waals surface area contributed by atoms with Crippen LogP contribution in [0.25, 0.3) is 11.3 Å². The van der Waals surface area contributed by atoms with Gasteiger partial charge in [0.15, 0.2) is 5.78 Å². The van der Waals surface area contributed by atoms with Crippen LogP contribution < -0.4 is 5.32 Å². The first-order valence-corrected chi connectivity index (χ1v) is 9.65. The van der Waals surface area contributed by atoms with Crippen molar-refractivity contribution in [2.75, 3.05) is 0 Å². The van der Waals surface area contributed by atoms with Crippen LogP contribution in [-0.4, -0.2) is 21.7 Å². The van der Waals surface area contributed by atoms with Crippen molar-refractivity contribution >= 4 is 11.7 Å². The molecule has 31 heavy (non-hydrogen) atoms. The van der Waals surface area contributed by atoms with Gasteiger partial charge in [-0.15, -0.1) is 0 Å². The maximum Gasteiger partial charge on any atom is 0.252 e. The first kappa shape index (κ1) is 20.1. The van der Waals surface area contributed by atoms with Gasteiger partial charge in [-0.05, 0) is 36.4 Å². The summed E-state index contributed by atoms with van der Waals surface area (Å²) in [6.45, 7) is 0.156. The lowest BCUT2D eigenvalue weighted by Gasteiger charge is -2.10. The highest BCUT2D eigenvalue weighted by molar-refractivity contribution is 6.15. The van der Waals surface area contributed by atoms with E-state index < -0.39 is 0 Å². The Morgan fingerprint density at radius 3 is 2.23 bits per heavy atom. The van der Waals surface area contributed by atoms with Gasteiger partial charge in [-0.1, -0.05) is 48.5 Å². The van der Waals surface area contributed by atoms with E-state index in [1.54, 1.807) is 66.7 Å². The van der Waals surface area contributed by atoms with Gasteiger partial charge in [-0.25, -0.2) is 14.4 Å². The highest BCUT2D eigenvalue weighted by Gasteiger charge is 2.18. The molecular weight excluding hydrogens is 393 g/mol. The number of carbonyl (C=O) groups is 2. The van der Waals surface area contributed by atoms with Crippen molar-refractivity contribution in [1.82, 2.24) is 15.3 Å². The smallest absolute Gasteiger partial charge is 0.252 e. The SMILES string of the molecule is O=C(NCc1cc(-c2ccc(F)cc2)ncn1)c1ccccc1C(=O)c1ccccc1. The van der Waals surface area contributed by atoms with Crippen LogP contribution in [0.2, 0.25) is 0 Å². The minimum Gasteiger partial charge on any atom is -0.346 e. The van der Waals surface area contributed by atoms with Crippen molar-refractivity contribution in [1.29, 1.82) is 0 Å². The molecule has 1 N–H and O–H groups in total. The van der Waals surface area contributed by atoms with Gasteiger partial charge in [0, 0.05) is 16.7 Å². The molecule has 1 heterocycles. The fourth-order valence-corrected chi connectivity index (χ4v) is 3.16. The van der Waals surface area contributed by atoms with Crippen molar-refractivity contribution in [2.24, 2.45) is 0 Å². The Bertz CT molecular complexity index is 1220. The van der Waals surface area contributed by atoms with Gasteiger partial charge < -0.3 is 5.32 Å². The first-order chi connectivity index (χ1) is 15.1. The largest absolute Gasteiger partial charge is 0.346 e. The lowest BCUT2D eigenvalue weighted by molar-refractivity contribution is 0.0939. The number of rotatable bonds is 6. The number of hydrogen-bond acceptors (Lipinski definition) is 4. The van der Waals surface area contributed by atoms with Crippen LogP contribution in [0, 0.1) is 5.82 Å². The average molecular weight is 411 g/mol. The molecule has 0 unspecified atom stereocenters. The van der Waals surface area contributed by atoms with E-state index >= 15 is 0 Å². The summed E-state index contributed by atoms with van der Waals surface area (Å²) in [5, 5.41) is 2.81. The molecular formula is C25H18FN3O2. The van der Waals surface area contributed by atoms with Crippen LogP contribution in [-0.2, 0) is 6.54 Å². The molecule has 0 atom stereocenters. The van der Waals surface area contributed by atoms with Gasteiger partial charge in [0.1, 0.15) is 12.1 Å². The number of nitrogens with one attached hydrogen (secondary N) is 1. The molecule has 5 nitrogen and oxygen atoms in total. The lowest BCUT2D eigenvalue weighted by atomic mass is 9.98. The van der Waals surface area contributed by atoms with Crippen molar-refractivity contribution < 1.29 is 14.0 Å². The summed E-state index contributed by atoms with van der Waals surface area (Å²) in [6, 6.07) is 23.2. The fourth-order valence-electron chi connectivity index (χ4n) is 3.16. The fraction of sp³-hybridized carbons (Fsp3) is 0.0400. The van der Waals surface area contributed by atoms with Gasteiger partial charge in [0.2, 0.25) is 0 Å². The summed E-state index contributed by atoms with van der Waals surface area (Å²) >= 11 is 0. The van der Waals surface area contributed by atoms with Gasteiger partial charge in [-0.3, -0.25) is 9.59 Å². The minimum absolute atomic E-state index is 0.156. The molecule has 0 fully saturated rings. The van der Waals surface area contributed by atoms with E-state index in [-0.39, 0.29) is 24.1 Å². The number of nitrogens with zero attached hydrogens (tertiary/aromatic N) is 2. The van der Waals surface area contributed by atoms with E-state index in [0.29, 0.717) is 28.1 Å². The number of benzene rings is 3. The summed E-state index contributed by atoms with van der Waals surface area (Å²) in [5.74, 6) is -0.914. The maximum absolute atomic E-state index is 13.1. The molecule has 0 aliphatic carbocycles. The molecule has 3 aromatic carbocycles. The van der Waals surface area contributed by atoms with Crippen LogP contribution in [0.15, 0.2) is 91.3 Å². The third kappa shape index (κ3) is 4.70. The predicted octanol–water partition coefficient (Wildman–Crippen LogP) is 4.44. The third-order valence-electron chi connectivity index (χ3n) is 4.75. The molecule has 0 spiro atoms. The number of hydrogen-bond donors (Lipinski definition) is 1. The highest BCUT2D eigenvalue weighted by atomic mass is 19.1. The van der Waals surface area contributed by atoms with E-state index in [4.69, 9.17) is 0 Å². The Kier molecular flexibility index (Phi) is 5.89. The second-order valence-electron chi connectivity index (χ2n) is 6.82. The standard InChI is InChI=1S/C25H18FN3O2/c26-19-12-10-17(11-13-19)23-14-20(28-16-29-23)15-27-25(31)22-9-5-4-8-21(22)24(30)18-6-2-1-3-7-18/h1-14,16H,15H2,(H,27,31). The Balaban J connectivity index is 1.51. The predicted molar refractivity (Wildman–Crippen MR) is 115 cm³/mol. The van der Waals surface area contributed by atoms with Crippen molar-refractivity contribution in [3.05, 3.63) is 119 Å². The van der Waals surface area contributed by atoms with E-state index in [2.05, 4.69) is 15.3 Å². The number of ketones is 1. The van der Waals surface area contributed by atoms with E-state index in [9.17, 15) is 14.0 Å². The summed E-state index contributed by atoms with van der Waals surface area (Å²) in [4.78, 5) is 34.1. The summed E-state index contributed by atoms with van der Waals surface area (Å²) in [6.07, 6.45) is 1.40. The van der Waals surface area contributed by atoms with Crippen LogP contribution >= 0.6 is 0 Å². The van der Waals surface area contributed by atoms with Crippen LogP contribution in [0.4, 0.5) is 4.39 Å². The zero-order valence-corrected chi connectivity index (χ0v) is 16.5. The number of carbonyl (C=O) groups excluding carboxylic acids is 2. The molecule has 4 aromatic rings. The average Bonchev–Trinajstić information content (AvgIpc) is 2.83. The molecule has 1 amide bonds. The van der Waals surface area contributed by atoms with Gasteiger partial charge in [0.25, 0.3) is 5.91 Å².